The first-order valence-electron chi connectivity index (χ1n) is 32.6. The highest BCUT2D eigenvalue weighted by Crippen LogP contribution is 2.14. The van der Waals surface area contributed by atoms with Gasteiger partial charge in [-0.2, -0.15) is 0 Å². The normalized spacial score (nSPS) is 13.6. The highest BCUT2D eigenvalue weighted by Gasteiger charge is 2.16. The van der Waals surface area contributed by atoms with Crippen LogP contribution in [-0.2, 0) is 19.1 Å². The lowest BCUT2D eigenvalue weighted by Gasteiger charge is -2.15. The van der Waals surface area contributed by atoms with Crippen molar-refractivity contribution in [2.45, 2.75) is 251 Å². The number of unbranched alkanes of at least 4 members (excludes halogenated alkanes) is 15. The summed E-state index contributed by atoms with van der Waals surface area (Å²) in [6.07, 6.45) is 112. The van der Waals surface area contributed by atoms with Crippen molar-refractivity contribution in [2.24, 2.45) is 0 Å². The molecule has 0 bridgehead atoms. The Balaban J connectivity index is 3.65. The molecule has 0 amide bonds. The lowest BCUT2D eigenvalue weighted by atomic mass is 10.0. The van der Waals surface area contributed by atoms with Crippen LogP contribution in [0.2, 0.25) is 0 Å². The lowest BCUT2D eigenvalue weighted by Crippen LogP contribution is -2.28. The van der Waals surface area contributed by atoms with Crippen molar-refractivity contribution in [3.8, 4) is 0 Å². The van der Waals surface area contributed by atoms with Crippen molar-refractivity contribution in [3.05, 3.63) is 207 Å². The summed E-state index contributed by atoms with van der Waals surface area (Å²) < 4.78 is 10.7. The molecule has 0 fully saturated rings. The third kappa shape index (κ3) is 67.0. The predicted octanol–water partition coefficient (Wildman–Crippen LogP) is 23.0. The SMILES string of the molecule is CC/C=C\C/C=C\C/C=C\C/C=C\C/C=C\C/C=C\C/C=C\C/C=C\C/C=C\C/C=C\CCCCCCC(=O)OC(CO)COC(=O)CCCCCCCCCCCCC/C=C\C/C=C\C/C=C\C/C=C\C/C=C\C/C=C\C/C=C\CC. The Labute approximate surface area is 504 Å². The maximum atomic E-state index is 12.3. The summed E-state index contributed by atoms with van der Waals surface area (Å²) in [6.45, 7) is 3.88. The first-order valence-corrected chi connectivity index (χ1v) is 32.6. The van der Waals surface area contributed by atoms with Crippen LogP contribution in [0.4, 0.5) is 0 Å². The number of aliphatic hydroxyl groups is 1. The number of ether oxygens (including phenoxy) is 2. The fourth-order valence-electron chi connectivity index (χ4n) is 8.27. The van der Waals surface area contributed by atoms with E-state index in [-0.39, 0.29) is 25.2 Å². The number of aliphatic hydroxyl groups excluding tert-OH is 1. The summed E-state index contributed by atoms with van der Waals surface area (Å²) in [5, 5.41) is 9.69. The van der Waals surface area contributed by atoms with Gasteiger partial charge in [0.05, 0.1) is 6.61 Å². The van der Waals surface area contributed by atoms with Crippen molar-refractivity contribution in [1.29, 1.82) is 0 Å². The standard InChI is InChI=1S/C77H118O5/c1-3-5-7-9-11-13-15-17-19-21-23-25-27-29-31-33-35-37-38-40-42-44-46-48-50-52-54-56-58-60-62-64-66-68-70-72-77(80)82-75(73-78)74-81-76(79)71-69-67-65-63-61-59-57-55-53-51-49-47-45-43-41-39-36-34-32-30-28-26-24-22-20-18-16-14-12-10-8-6-4-2/h5-8,11-14,17-20,23-26,29-32,35-37,39-40,42-43,45-46,48,52,54,58,60,75,78H,3-4,9-10,15-16,21-22,27-28,33-34,38,41,44,47,49-51,53,55-57,59,61-74H2,1-2H3/b7-5-,8-6-,13-11-,14-12-,19-17-,20-18-,25-23-,26-24-,31-29-,32-30-,37-35-,39-36-,42-40-,45-43-,48-46-,54-52-,60-58-. The molecule has 0 aromatic carbocycles. The highest BCUT2D eigenvalue weighted by atomic mass is 16.6. The van der Waals surface area contributed by atoms with Crippen LogP contribution in [0.25, 0.3) is 0 Å². The number of rotatable bonds is 57. The average Bonchev–Trinajstić information content (AvgIpc) is 3.49. The van der Waals surface area contributed by atoms with Gasteiger partial charge in [0.15, 0.2) is 6.10 Å². The van der Waals surface area contributed by atoms with Gasteiger partial charge in [0, 0.05) is 12.8 Å². The number of allylic oxidation sites excluding steroid dienone is 34. The first kappa shape index (κ1) is 76.5. The summed E-state index contributed by atoms with van der Waals surface area (Å²) in [5.41, 5.74) is 0. The van der Waals surface area contributed by atoms with E-state index < -0.39 is 6.10 Å². The van der Waals surface area contributed by atoms with Gasteiger partial charge < -0.3 is 14.6 Å². The number of hydrogen-bond donors (Lipinski definition) is 1. The zero-order chi connectivity index (χ0) is 59.1. The van der Waals surface area contributed by atoms with Crippen LogP contribution in [0.3, 0.4) is 0 Å². The van der Waals surface area contributed by atoms with Crippen LogP contribution in [0.1, 0.15) is 245 Å². The van der Waals surface area contributed by atoms with Crippen molar-refractivity contribution in [1.82, 2.24) is 0 Å². The quantitative estimate of drug-likeness (QED) is 0.0373. The van der Waals surface area contributed by atoms with Gasteiger partial charge in [0.1, 0.15) is 6.61 Å². The lowest BCUT2D eigenvalue weighted by molar-refractivity contribution is -0.161. The molecule has 0 spiro atoms. The molecule has 0 aliphatic heterocycles. The monoisotopic (exact) mass is 1120 g/mol. The summed E-state index contributed by atoms with van der Waals surface area (Å²) in [6, 6.07) is 0. The Hall–Kier alpha value is -5.52. The molecule has 456 valence electrons. The van der Waals surface area contributed by atoms with Gasteiger partial charge in [-0.1, -0.05) is 291 Å². The van der Waals surface area contributed by atoms with Gasteiger partial charge in [0.25, 0.3) is 0 Å². The highest BCUT2D eigenvalue weighted by molar-refractivity contribution is 5.70. The van der Waals surface area contributed by atoms with E-state index in [1.807, 2.05) is 0 Å². The van der Waals surface area contributed by atoms with E-state index in [0.717, 1.165) is 161 Å². The molecule has 0 rings (SSSR count). The zero-order valence-corrected chi connectivity index (χ0v) is 52.2. The molecular weight excluding hydrogens is 1000 g/mol. The minimum Gasteiger partial charge on any atom is -0.462 e. The van der Waals surface area contributed by atoms with Gasteiger partial charge in [-0.25, -0.2) is 0 Å². The van der Waals surface area contributed by atoms with Crippen LogP contribution >= 0.6 is 0 Å². The Morgan fingerprint density at radius 2 is 0.488 bits per heavy atom. The van der Waals surface area contributed by atoms with Gasteiger partial charge in [0.2, 0.25) is 0 Å². The molecule has 0 saturated carbocycles. The Morgan fingerprint density at radius 1 is 0.280 bits per heavy atom. The van der Waals surface area contributed by atoms with E-state index in [4.69, 9.17) is 9.47 Å². The Kier molecular flexibility index (Phi) is 65.1. The average molecular weight is 1120 g/mol. The molecule has 5 heteroatoms. The van der Waals surface area contributed by atoms with Crippen molar-refractivity contribution in [2.75, 3.05) is 13.2 Å². The first-order chi connectivity index (χ1) is 40.6. The number of hydrogen-bond acceptors (Lipinski definition) is 5. The van der Waals surface area contributed by atoms with Crippen molar-refractivity contribution >= 4 is 11.9 Å². The number of carbonyl (C=O) groups excluding carboxylic acids is 2. The van der Waals surface area contributed by atoms with Crippen LogP contribution in [0.15, 0.2) is 207 Å². The van der Waals surface area contributed by atoms with Gasteiger partial charge in [-0.05, 0) is 148 Å². The smallest absolute Gasteiger partial charge is 0.306 e. The van der Waals surface area contributed by atoms with Gasteiger partial charge >= 0.3 is 11.9 Å². The second-order valence-corrected chi connectivity index (χ2v) is 20.7. The summed E-state index contributed by atoms with van der Waals surface area (Å²) >= 11 is 0. The Bertz CT molecular complexity index is 1950. The molecule has 82 heavy (non-hydrogen) atoms. The van der Waals surface area contributed by atoms with E-state index in [2.05, 4.69) is 220 Å². The van der Waals surface area contributed by atoms with E-state index in [1.54, 1.807) is 0 Å². The van der Waals surface area contributed by atoms with Gasteiger partial charge in [-0.3, -0.25) is 9.59 Å². The molecule has 0 aliphatic carbocycles. The molecule has 1 unspecified atom stereocenters. The minimum atomic E-state index is -0.805. The maximum absolute atomic E-state index is 12.3. The summed E-state index contributed by atoms with van der Waals surface area (Å²) in [7, 11) is 0. The molecule has 1 atom stereocenters. The third-order valence-electron chi connectivity index (χ3n) is 13.1. The maximum Gasteiger partial charge on any atom is 0.306 e. The van der Waals surface area contributed by atoms with Crippen molar-refractivity contribution < 1.29 is 24.2 Å². The van der Waals surface area contributed by atoms with Crippen molar-refractivity contribution in [3.63, 3.8) is 0 Å². The van der Waals surface area contributed by atoms with Crippen LogP contribution in [0.5, 0.6) is 0 Å². The molecule has 0 radical (unpaired) electrons. The molecule has 0 aromatic heterocycles. The van der Waals surface area contributed by atoms with Crippen LogP contribution in [0, 0.1) is 0 Å². The number of carbonyl (C=O) groups is 2. The molecule has 5 nitrogen and oxygen atoms in total. The molecule has 0 saturated heterocycles. The Morgan fingerprint density at radius 3 is 0.732 bits per heavy atom. The molecule has 0 aliphatic rings. The zero-order valence-electron chi connectivity index (χ0n) is 52.2. The van der Waals surface area contributed by atoms with E-state index in [9.17, 15) is 14.7 Å². The molecule has 0 heterocycles. The summed E-state index contributed by atoms with van der Waals surface area (Å²) in [5.74, 6) is -0.637. The predicted molar refractivity (Wildman–Crippen MR) is 361 cm³/mol. The topological polar surface area (TPSA) is 72.8 Å². The molecular formula is C77H118O5. The second kappa shape index (κ2) is 69.7. The third-order valence-corrected chi connectivity index (χ3v) is 13.1. The fraction of sp³-hybridized carbons (Fsp3) is 0.532. The largest absolute Gasteiger partial charge is 0.462 e. The number of esters is 2. The second-order valence-electron chi connectivity index (χ2n) is 20.7. The fourth-order valence-corrected chi connectivity index (χ4v) is 8.27. The molecule has 0 aromatic rings. The van der Waals surface area contributed by atoms with E-state index in [1.165, 1.54) is 57.8 Å². The summed E-state index contributed by atoms with van der Waals surface area (Å²) in [4.78, 5) is 24.6. The van der Waals surface area contributed by atoms with Crippen LogP contribution in [-0.4, -0.2) is 36.4 Å². The molecule has 1 N–H and O–H groups in total. The van der Waals surface area contributed by atoms with Gasteiger partial charge in [-0.15, -0.1) is 0 Å². The van der Waals surface area contributed by atoms with E-state index in [0.29, 0.717) is 12.8 Å². The van der Waals surface area contributed by atoms with E-state index >= 15 is 0 Å². The minimum absolute atomic E-state index is 0.0918. The van der Waals surface area contributed by atoms with Crippen LogP contribution < -0.4 is 0 Å².